The molecule has 0 amide bonds. The van der Waals surface area contributed by atoms with E-state index in [2.05, 4.69) is 30.8 Å². The number of likely N-dealkylation sites (tertiary alicyclic amines) is 1. The Labute approximate surface area is 126 Å². The van der Waals surface area contributed by atoms with Crippen molar-refractivity contribution in [2.45, 2.75) is 58.6 Å². The van der Waals surface area contributed by atoms with Crippen LogP contribution in [0.4, 0.5) is 0 Å². The summed E-state index contributed by atoms with van der Waals surface area (Å²) in [4.78, 5) is 2.38. The van der Waals surface area contributed by atoms with Crippen LogP contribution in [0.1, 0.15) is 45.0 Å². The van der Waals surface area contributed by atoms with Crippen molar-refractivity contribution < 1.29 is 5.11 Å². The number of aryl methyl sites for hydroxylation is 2. The number of aliphatic hydroxyl groups is 1. The Morgan fingerprint density at radius 2 is 1.85 bits per heavy atom. The summed E-state index contributed by atoms with van der Waals surface area (Å²) in [5.74, 6) is 0. The summed E-state index contributed by atoms with van der Waals surface area (Å²) < 4.78 is 1.95. The van der Waals surface area contributed by atoms with E-state index >= 15 is 0 Å². The summed E-state index contributed by atoms with van der Waals surface area (Å²) in [7, 11) is 0. The summed E-state index contributed by atoms with van der Waals surface area (Å²) in [6.45, 7) is 10.1. The van der Waals surface area contributed by atoms with Crippen molar-refractivity contribution in [2.75, 3.05) is 19.6 Å². The minimum absolute atomic E-state index is 0.615. The van der Waals surface area contributed by atoms with E-state index in [-0.39, 0.29) is 0 Å². The van der Waals surface area contributed by atoms with Gasteiger partial charge in [-0.1, -0.05) is 25.4 Å². The van der Waals surface area contributed by atoms with Gasteiger partial charge in [-0.2, -0.15) is 5.10 Å². The minimum Gasteiger partial charge on any atom is -0.389 e. The molecule has 2 rings (SSSR count). The molecule has 1 saturated heterocycles. The average Bonchev–Trinajstić information content (AvgIpc) is 2.76. The number of piperidine rings is 1. The summed E-state index contributed by atoms with van der Waals surface area (Å²) >= 11 is 6.44. The van der Waals surface area contributed by atoms with Gasteiger partial charge >= 0.3 is 0 Å². The van der Waals surface area contributed by atoms with Gasteiger partial charge in [0, 0.05) is 26.1 Å². The highest BCUT2D eigenvalue weighted by molar-refractivity contribution is 6.31. The maximum Gasteiger partial charge on any atom is 0.0850 e. The molecule has 1 aliphatic rings. The summed E-state index contributed by atoms with van der Waals surface area (Å²) in [6.07, 6.45) is 3.08. The Balaban J connectivity index is 2.15. The van der Waals surface area contributed by atoms with Crippen LogP contribution >= 0.6 is 11.6 Å². The summed E-state index contributed by atoms with van der Waals surface area (Å²) in [6, 6.07) is 0. The van der Waals surface area contributed by atoms with Crippen LogP contribution < -0.4 is 0 Å². The van der Waals surface area contributed by atoms with Crippen LogP contribution in [0, 0.1) is 0 Å². The van der Waals surface area contributed by atoms with Crippen molar-refractivity contribution in [3.05, 3.63) is 16.4 Å². The van der Waals surface area contributed by atoms with Gasteiger partial charge in [0.2, 0.25) is 0 Å². The highest BCUT2D eigenvalue weighted by Crippen LogP contribution is 2.31. The smallest absolute Gasteiger partial charge is 0.0850 e. The molecule has 0 radical (unpaired) electrons. The fourth-order valence-electron chi connectivity index (χ4n) is 2.96. The van der Waals surface area contributed by atoms with Crippen molar-refractivity contribution in [1.29, 1.82) is 0 Å². The van der Waals surface area contributed by atoms with E-state index in [9.17, 15) is 5.11 Å². The lowest BCUT2D eigenvalue weighted by atomic mass is 9.87. The normalized spacial score (nSPS) is 19.4. The first kappa shape index (κ1) is 15.8. The number of halogens is 1. The Bertz CT molecular complexity index is 450. The van der Waals surface area contributed by atoms with Gasteiger partial charge in [0.05, 0.1) is 22.0 Å². The third-order valence-electron chi connectivity index (χ3n) is 4.42. The summed E-state index contributed by atoms with van der Waals surface area (Å²) in [5, 5.41) is 16.1. The van der Waals surface area contributed by atoms with Crippen LogP contribution in [-0.4, -0.2) is 45.0 Å². The third kappa shape index (κ3) is 3.18. The van der Waals surface area contributed by atoms with Crippen molar-refractivity contribution >= 4 is 11.6 Å². The van der Waals surface area contributed by atoms with Crippen molar-refractivity contribution in [3.8, 4) is 0 Å². The monoisotopic (exact) mass is 299 g/mol. The van der Waals surface area contributed by atoms with E-state index in [0.717, 1.165) is 61.9 Å². The molecule has 1 fully saturated rings. The Morgan fingerprint density at radius 1 is 1.20 bits per heavy atom. The molecule has 0 atom stereocenters. The molecule has 1 aromatic heterocycles. The lowest BCUT2D eigenvalue weighted by Gasteiger charge is -2.37. The molecule has 1 aliphatic heterocycles. The maximum absolute atomic E-state index is 10.8. The first-order valence-corrected chi connectivity index (χ1v) is 8.09. The highest BCUT2D eigenvalue weighted by atomic mass is 35.5. The Hall–Kier alpha value is -0.580. The van der Waals surface area contributed by atoms with Gasteiger partial charge in [-0.25, -0.2) is 0 Å². The first-order valence-electron chi connectivity index (χ1n) is 7.71. The molecule has 114 valence electrons. The van der Waals surface area contributed by atoms with E-state index < -0.39 is 5.60 Å². The fraction of sp³-hybridized carbons (Fsp3) is 0.800. The fourth-order valence-corrected chi connectivity index (χ4v) is 3.30. The van der Waals surface area contributed by atoms with E-state index in [1.165, 1.54) is 0 Å². The van der Waals surface area contributed by atoms with E-state index in [0.29, 0.717) is 6.42 Å². The zero-order chi connectivity index (χ0) is 14.8. The number of rotatable bonds is 5. The van der Waals surface area contributed by atoms with Gasteiger partial charge < -0.3 is 10.0 Å². The van der Waals surface area contributed by atoms with Gasteiger partial charge in [0.1, 0.15) is 0 Å². The highest BCUT2D eigenvalue weighted by Gasteiger charge is 2.34. The topological polar surface area (TPSA) is 41.3 Å². The van der Waals surface area contributed by atoms with Crippen molar-refractivity contribution in [2.24, 2.45) is 0 Å². The molecule has 0 bridgehead atoms. The second-order valence-electron chi connectivity index (χ2n) is 5.71. The molecule has 5 heteroatoms. The van der Waals surface area contributed by atoms with E-state index in [4.69, 9.17) is 11.6 Å². The quantitative estimate of drug-likeness (QED) is 0.908. The van der Waals surface area contributed by atoms with Crippen LogP contribution in [0.2, 0.25) is 5.02 Å². The number of hydrogen-bond acceptors (Lipinski definition) is 3. The molecule has 0 unspecified atom stereocenters. The van der Waals surface area contributed by atoms with Crippen molar-refractivity contribution in [1.82, 2.24) is 14.7 Å². The predicted molar refractivity (Wildman–Crippen MR) is 82.3 cm³/mol. The van der Waals surface area contributed by atoms with E-state index in [1.54, 1.807) is 0 Å². The summed E-state index contributed by atoms with van der Waals surface area (Å²) in [5.41, 5.74) is 1.31. The zero-order valence-electron chi connectivity index (χ0n) is 12.8. The average molecular weight is 300 g/mol. The lowest BCUT2D eigenvalue weighted by molar-refractivity contribution is -0.0208. The van der Waals surface area contributed by atoms with Gasteiger partial charge in [-0.05, 0) is 32.7 Å². The minimum atomic E-state index is -0.632. The van der Waals surface area contributed by atoms with Crippen LogP contribution in [0.15, 0.2) is 0 Å². The molecule has 4 nitrogen and oxygen atoms in total. The molecule has 1 aromatic rings. The maximum atomic E-state index is 10.8. The van der Waals surface area contributed by atoms with Crippen LogP contribution in [0.3, 0.4) is 0 Å². The molecule has 0 saturated carbocycles. The van der Waals surface area contributed by atoms with E-state index in [1.807, 2.05) is 4.68 Å². The Morgan fingerprint density at radius 3 is 2.35 bits per heavy atom. The van der Waals surface area contributed by atoms with Gasteiger partial charge in [-0.3, -0.25) is 4.68 Å². The molecule has 20 heavy (non-hydrogen) atoms. The van der Waals surface area contributed by atoms with Crippen LogP contribution in [-0.2, 0) is 19.4 Å². The van der Waals surface area contributed by atoms with Gasteiger partial charge in [-0.15, -0.1) is 0 Å². The molecule has 0 aromatic carbocycles. The van der Waals surface area contributed by atoms with Gasteiger partial charge in [0.15, 0.2) is 0 Å². The third-order valence-corrected chi connectivity index (χ3v) is 4.86. The number of nitrogens with zero attached hydrogens (tertiary/aromatic N) is 3. The standard InChI is InChI=1S/C15H26ClN3O/c1-4-12-14(16)13(19(6-3)17-12)11-15(20)7-9-18(5-2)10-8-15/h20H,4-11H2,1-3H3. The number of hydrogen-bond donors (Lipinski definition) is 1. The Kier molecular flexibility index (Phi) is 5.10. The molecule has 0 spiro atoms. The largest absolute Gasteiger partial charge is 0.389 e. The molecular formula is C15H26ClN3O. The van der Waals surface area contributed by atoms with Crippen LogP contribution in [0.25, 0.3) is 0 Å². The first-order chi connectivity index (χ1) is 9.53. The molecular weight excluding hydrogens is 274 g/mol. The van der Waals surface area contributed by atoms with Crippen LogP contribution in [0.5, 0.6) is 0 Å². The SMILES string of the molecule is CCc1nn(CC)c(CC2(O)CCN(CC)CC2)c1Cl. The lowest BCUT2D eigenvalue weighted by Crippen LogP contribution is -2.45. The number of aromatic nitrogens is 2. The predicted octanol–water partition coefficient (Wildman–Crippen LogP) is 2.51. The molecule has 2 heterocycles. The second kappa shape index (κ2) is 6.46. The second-order valence-corrected chi connectivity index (χ2v) is 6.09. The van der Waals surface area contributed by atoms with Gasteiger partial charge in [0.25, 0.3) is 0 Å². The molecule has 1 N–H and O–H groups in total. The van der Waals surface area contributed by atoms with Crippen molar-refractivity contribution in [3.63, 3.8) is 0 Å². The zero-order valence-corrected chi connectivity index (χ0v) is 13.6. The molecule has 0 aliphatic carbocycles.